The number of aliphatic imine (C=N–C) groups is 1. The number of nitrogens with one attached hydrogen (secondary N) is 3. The second kappa shape index (κ2) is 16.5. The molecule has 1 aromatic carbocycles. The van der Waals surface area contributed by atoms with E-state index >= 15 is 0 Å². The van der Waals surface area contributed by atoms with Crippen LogP contribution in [0.15, 0.2) is 35.3 Å². The Bertz CT molecular complexity index is 1250. The van der Waals surface area contributed by atoms with Crippen LogP contribution in [0.1, 0.15) is 70.8 Å². The molecule has 13 heteroatoms. The highest BCUT2D eigenvalue weighted by atomic mass is 32.2. The Morgan fingerprint density at radius 1 is 1.02 bits per heavy atom. The van der Waals surface area contributed by atoms with Crippen LogP contribution in [0.4, 0.5) is 0 Å². The summed E-state index contributed by atoms with van der Waals surface area (Å²) in [4.78, 5) is 58.2. The van der Waals surface area contributed by atoms with Gasteiger partial charge in [-0.1, -0.05) is 50.1 Å². The Morgan fingerprint density at radius 3 is 2.35 bits per heavy atom. The van der Waals surface area contributed by atoms with Crippen molar-refractivity contribution >= 4 is 39.6 Å². The zero-order valence-corrected chi connectivity index (χ0v) is 26.3. The molecule has 2 aliphatic rings. The number of guanidine groups is 1. The molecule has 238 valence electrons. The minimum Gasteiger partial charge on any atom is -0.354 e. The topological polar surface area (TPSA) is 157 Å². The van der Waals surface area contributed by atoms with Crippen molar-refractivity contribution in [2.24, 2.45) is 10.9 Å². The lowest BCUT2D eigenvalue weighted by Crippen LogP contribution is -2.54. The van der Waals surface area contributed by atoms with Gasteiger partial charge in [-0.15, -0.1) is 0 Å². The molecule has 0 aromatic heterocycles. The van der Waals surface area contributed by atoms with E-state index in [1.54, 1.807) is 0 Å². The van der Waals surface area contributed by atoms with Gasteiger partial charge in [-0.25, -0.2) is 13.1 Å². The summed E-state index contributed by atoms with van der Waals surface area (Å²) in [6.07, 6.45) is 6.96. The summed E-state index contributed by atoms with van der Waals surface area (Å²) in [6, 6.07) is 7.50. The van der Waals surface area contributed by atoms with Crippen LogP contribution in [0.3, 0.4) is 0 Å². The van der Waals surface area contributed by atoms with E-state index in [0.29, 0.717) is 45.4 Å². The molecule has 0 radical (unpaired) electrons. The third-order valence-corrected chi connectivity index (χ3v) is 8.49. The highest BCUT2D eigenvalue weighted by molar-refractivity contribution is 7.88. The van der Waals surface area contributed by atoms with Crippen molar-refractivity contribution in [2.45, 2.75) is 83.7 Å². The van der Waals surface area contributed by atoms with Gasteiger partial charge in [0.1, 0.15) is 12.1 Å². The molecule has 2 fully saturated rings. The fourth-order valence-corrected chi connectivity index (χ4v) is 6.25. The molecule has 0 saturated carbocycles. The maximum absolute atomic E-state index is 13.5. The molecular formula is C30H46N6O6S. The van der Waals surface area contributed by atoms with E-state index in [0.717, 1.165) is 43.9 Å². The van der Waals surface area contributed by atoms with E-state index in [4.69, 9.17) is 0 Å². The van der Waals surface area contributed by atoms with Crippen molar-refractivity contribution in [3.05, 3.63) is 35.9 Å². The summed E-state index contributed by atoms with van der Waals surface area (Å²) in [6.45, 7) is 5.39. The molecule has 2 atom stereocenters. The number of unbranched alkanes of at least 4 members (excludes halogenated alkanes) is 2. The monoisotopic (exact) mass is 618 g/mol. The van der Waals surface area contributed by atoms with Gasteiger partial charge in [0.15, 0.2) is 0 Å². The highest BCUT2D eigenvalue weighted by Crippen LogP contribution is 2.21. The standard InChI is InChI=1S/C30H46N6O6S/c1-4-5-7-14-27(38)33-30(32-22(2)37)35-18-15-24(16-19-35)21-31-28(39)26-13-10-17-36(26)29(40)25(34-43(3,41)42)20-23-11-8-6-9-12-23/h6,8-9,11-12,24-26,34H,4-5,7,10,13-21H2,1-3H3,(H,31,39)(H,32,33,37,38)/t25-,26+/m1/s1. The van der Waals surface area contributed by atoms with Crippen LogP contribution in [0.25, 0.3) is 0 Å². The lowest BCUT2D eigenvalue weighted by molar-refractivity contribution is -0.139. The lowest BCUT2D eigenvalue weighted by atomic mass is 9.96. The average molecular weight is 619 g/mol. The highest BCUT2D eigenvalue weighted by Gasteiger charge is 2.38. The molecule has 3 rings (SSSR count). The van der Waals surface area contributed by atoms with Crippen LogP contribution in [0.5, 0.6) is 0 Å². The number of rotatable bonds is 12. The van der Waals surface area contributed by atoms with Gasteiger partial charge in [-0.2, -0.15) is 4.99 Å². The zero-order valence-electron chi connectivity index (χ0n) is 25.5. The van der Waals surface area contributed by atoms with Gasteiger partial charge in [-0.05, 0) is 50.0 Å². The predicted octanol–water partition coefficient (Wildman–Crippen LogP) is 1.57. The lowest BCUT2D eigenvalue weighted by Gasteiger charge is -2.34. The SMILES string of the molecule is CCCCCC(=O)N/C(=N\C(C)=O)N1CCC(CNC(=O)[C@@H]2CCCN2C(=O)[C@@H](Cc2ccccc2)NS(C)(=O)=O)CC1. The van der Waals surface area contributed by atoms with Crippen LogP contribution in [-0.4, -0.2) is 92.3 Å². The van der Waals surface area contributed by atoms with Crippen molar-refractivity contribution in [3.8, 4) is 0 Å². The Kier molecular flexibility index (Phi) is 13.1. The molecule has 2 saturated heterocycles. The molecule has 0 aliphatic carbocycles. The Labute approximate surface area is 255 Å². The molecule has 4 amide bonds. The van der Waals surface area contributed by atoms with Crippen molar-refractivity contribution in [1.82, 2.24) is 25.2 Å². The van der Waals surface area contributed by atoms with Gasteiger partial charge >= 0.3 is 0 Å². The number of amides is 4. The summed E-state index contributed by atoms with van der Waals surface area (Å²) in [5.41, 5.74) is 0.816. The van der Waals surface area contributed by atoms with Crippen molar-refractivity contribution in [2.75, 3.05) is 32.4 Å². The maximum atomic E-state index is 13.5. The van der Waals surface area contributed by atoms with E-state index < -0.39 is 28.0 Å². The fraction of sp³-hybridized carbons (Fsp3) is 0.633. The summed E-state index contributed by atoms with van der Waals surface area (Å²) in [5.74, 6) is -0.729. The third kappa shape index (κ3) is 11.4. The summed E-state index contributed by atoms with van der Waals surface area (Å²) in [7, 11) is -3.66. The van der Waals surface area contributed by atoms with Gasteiger partial charge in [0.2, 0.25) is 39.6 Å². The van der Waals surface area contributed by atoms with Crippen molar-refractivity contribution < 1.29 is 27.6 Å². The van der Waals surface area contributed by atoms with Crippen LogP contribution < -0.4 is 15.4 Å². The van der Waals surface area contributed by atoms with E-state index in [-0.39, 0.29) is 36.0 Å². The first-order valence-corrected chi connectivity index (χ1v) is 17.1. The predicted molar refractivity (Wildman–Crippen MR) is 164 cm³/mol. The number of carbonyl (C=O) groups excluding carboxylic acids is 4. The normalized spacial score (nSPS) is 18.8. The van der Waals surface area contributed by atoms with Gasteiger partial charge in [0.25, 0.3) is 0 Å². The number of sulfonamides is 1. The molecule has 0 spiro atoms. The second-order valence-electron chi connectivity index (χ2n) is 11.5. The van der Waals surface area contributed by atoms with E-state index in [1.165, 1.54) is 11.8 Å². The van der Waals surface area contributed by atoms with Crippen LogP contribution in [0.2, 0.25) is 0 Å². The summed E-state index contributed by atoms with van der Waals surface area (Å²) in [5, 5.41) is 5.81. The number of nitrogens with zero attached hydrogens (tertiary/aromatic N) is 3. The second-order valence-corrected chi connectivity index (χ2v) is 13.2. The molecule has 12 nitrogen and oxygen atoms in total. The van der Waals surface area contributed by atoms with E-state index in [9.17, 15) is 27.6 Å². The fourth-order valence-electron chi connectivity index (χ4n) is 5.55. The first-order chi connectivity index (χ1) is 20.5. The Hall–Kier alpha value is -3.32. The number of hydrogen-bond acceptors (Lipinski definition) is 6. The number of piperidine rings is 1. The molecule has 0 bridgehead atoms. The molecule has 43 heavy (non-hydrogen) atoms. The molecule has 0 unspecified atom stereocenters. The zero-order chi connectivity index (χ0) is 31.4. The smallest absolute Gasteiger partial charge is 0.245 e. The summed E-state index contributed by atoms with van der Waals surface area (Å²) < 4.78 is 26.6. The van der Waals surface area contributed by atoms with Crippen molar-refractivity contribution in [1.29, 1.82) is 0 Å². The first kappa shape index (κ1) is 34.2. The number of carbonyl (C=O) groups is 4. The molecule has 2 heterocycles. The van der Waals surface area contributed by atoms with Crippen molar-refractivity contribution in [3.63, 3.8) is 0 Å². The van der Waals surface area contributed by atoms with E-state index in [1.807, 2.05) is 35.2 Å². The average Bonchev–Trinajstić information content (AvgIpc) is 3.45. The Morgan fingerprint density at radius 2 is 1.72 bits per heavy atom. The number of likely N-dealkylation sites (tertiary alicyclic amines) is 2. The van der Waals surface area contributed by atoms with Gasteiger partial charge in [-0.3, -0.25) is 24.5 Å². The van der Waals surface area contributed by atoms with Crippen LogP contribution in [-0.2, 0) is 35.6 Å². The third-order valence-electron chi connectivity index (χ3n) is 7.78. The maximum Gasteiger partial charge on any atom is 0.245 e. The molecule has 1 aromatic rings. The first-order valence-electron chi connectivity index (χ1n) is 15.2. The number of hydrogen-bond donors (Lipinski definition) is 3. The van der Waals surface area contributed by atoms with Gasteiger partial charge < -0.3 is 15.1 Å². The van der Waals surface area contributed by atoms with Crippen LogP contribution in [0, 0.1) is 5.92 Å². The minimum absolute atomic E-state index is 0.156. The number of benzene rings is 1. The largest absolute Gasteiger partial charge is 0.354 e. The van der Waals surface area contributed by atoms with Gasteiger partial charge in [0, 0.05) is 39.5 Å². The van der Waals surface area contributed by atoms with Crippen LogP contribution >= 0.6 is 0 Å². The molecular weight excluding hydrogens is 572 g/mol. The summed E-state index contributed by atoms with van der Waals surface area (Å²) >= 11 is 0. The minimum atomic E-state index is -3.66. The molecule has 2 aliphatic heterocycles. The Balaban J connectivity index is 1.54. The van der Waals surface area contributed by atoms with Gasteiger partial charge in [0.05, 0.1) is 6.26 Å². The molecule has 3 N–H and O–H groups in total. The van der Waals surface area contributed by atoms with E-state index in [2.05, 4.69) is 27.3 Å². The quantitative estimate of drug-likeness (QED) is 0.182.